The van der Waals surface area contributed by atoms with E-state index >= 15 is 0 Å². The number of halogens is 1. The summed E-state index contributed by atoms with van der Waals surface area (Å²) < 4.78 is 5.77. The van der Waals surface area contributed by atoms with Crippen molar-refractivity contribution in [1.29, 1.82) is 5.26 Å². The molecule has 0 saturated carbocycles. The third-order valence-electron chi connectivity index (χ3n) is 2.51. The summed E-state index contributed by atoms with van der Waals surface area (Å²) in [5, 5.41) is 9.64. The van der Waals surface area contributed by atoms with E-state index in [9.17, 15) is 0 Å². The first-order chi connectivity index (χ1) is 8.61. The van der Waals surface area contributed by atoms with Gasteiger partial charge in [-0.15, -0.1) is 0 Å². The number of ether oxygens (including phenoxy) is 1. The van der Waals surface area contributed by atoms with E-state index < -0.39 is 0 Å². The summed E-state index contributed by atoms with van der Waals surface area (Å²) in [4.78, 5) is 3.96. The molecule has 1 heterocycles. The minimum atomic E-state index is 0.270. The Kier molecular flexibility index (Phi) is 3.50. The molecule has 0 amide bonds. The molecule has 0 unspecified atom stereocenters. The largest absolute Gasteiger partial charge is 0.454 e. The Labute approximate surface area is 111 Å². The summed E-state index contributed by atoms with van der Waals surface area (Å²) in [5.74, 6) is 1.16. The van der Waals surface area contributed by atoms with Gasteiger partial charge < -0.3 is 4.74 Å². The number of rotatable bonds is 2. The van der Waals surface area contributed by atoms with Crippen molar-refractivity contribution in [3.63, 3.8) is 0 Å². The topological polar surface area (TPSA) is 45.9 Å². The molecule has 1 aromatic carbocycles. The van der Waals surface area contributed by atoms with Crippen molar-refractivity contribution in [2.24, 2.45) is 0 Å². The first-order valence-corrected chi connectivity index (χ1v) is 5.79. The van der Waals surface area contributed by atoms with E-state index in [-0.39, 0.29) is 5.69 Å². The van der Waals surface area contributed by atoms with Crippen LogP contribution in [0.3, 0.4) is 0 Å². The molecule has 90 valence electrons. The lowest BCUT2D eigenvalue weighted by Crippen LogP contribution is -1.94. The van der Waals surface area contributed by atoms with Crippen LogP contribution in [0.2, 0.25) is 5.02 Å². The van der Waals surface area contributed by atoms with Crippen LogP contribution in [0.15, 0.2) is 30.5 Å². The van der Waals surface area contributed by atoms with E-state index in [4.69, 9.17) is 21.6 Å². The van der Waals surface area contributed by atoms with Crippen LogP contribution in [-0.4, -0.2) is 4.98 Å². The van der Waals surface area contributed by atoms with Gasteiger partial charge in [-0.3, -0.25) is 0 Å². The molecular weight excluding hydrogens is 248 g/mol. The Balaban J connectivity index is 2.44. The summed E-state index contributed by atoms with van der Waals surface area (Å²) >= 11 is 5.96. The van der Waals surface area contributed by atoms with Crippen LogP contribution in [0.4, 0.5) is 0 Å². The van der Waals surface area contributed by atoms with Gasteiger partial charge in [-0.2, -0.15) is 5.26 Å². The second-order valence-corrected chi connectivity index (χ2v) is 4.37. The number of hydrogen-bond donors (Lipinski definition) is 0. The second-order valence-electron chi connectivity index (χ2n) is 3.93. The zero-order valence-corrected chi connectivity index (χ0v) is 10.8. The van der Waals surface area contributed by atoms with Crippen molar-refractivity contribution >= 4 is 11.6 Å². The maximum absolute atomic E-state index is 8.97. The maximum atomic E-state index is 8.97. The quantitative estimate of drug-likeness (QED) is 0.817. The Morgan fingerprint density at radius 1 is 1.28 bits per heavy atom. The SMILES string of the molecule is Cc1cc(Cl)cc(C)c1Oc1cccnc1C#N. The first kappa shape index (κ1) is 12.4. The molecule has 3 nitrogen and oxygen atoms in total. The van der Waals surface area contributed by atoms with E-state index in [0.29, 0.717) is 16.5 Å². The second kappa shape index (κ2) is 5.07. The van der Waals surface area contributed by atoms with E-state index in [1.165, 1.54) is 0 Å². The van der Waals surface area contributed by atoms with Gasteiger partial charge in [0.05, 0.1) is 0 Å². The highest BCUT2D eigenvalue weighted by atomic mass is 35.5. The Hall–Kier alpha value is -2.05. The molecule has 0 fully saturated rings. The minimum Gasteiger partial charge on any atom is -0.454 e. The summed E-state index contributed by atoms with van der Waals surface area (Å²) in [6, 6.07) is 9.11. The molecule has 0 N–H and O–H groups in total. The van der Waals surface area contributed by atoms with Crippen molar-refractivity contribution < 1.29 is 4.74 Å². The van der Waals surface area contributed by atoms with E-state index in [0.717, 1.165) is 11.1 Å². The average Bonchev–Trinajstić information content (AvgIpc) is 2.34. The number of aryl methyl sites for hydroxylation is 2. The van der Waals surface area contributed by atoms with Crippen molar-refractivity contribution in [1.82, 2.24) is 4.98 Å². The Bertz CT molecular complexity index is 609. The lowest BCUT2D eigenvalue weighted by atomic mass is 10.1. The van der Waals surface area contributed by atoms with Crippen LogP contribution in [0.5, 0.6) is 11.5 Å². The van der Waals surface area contributed by atoms with Gasteiger partial charge in [-0.25, -0.2) is 4.98 Å². The third-order valence-corrected chi connectivity index (χ3v) is 2.73. The molecule has 0 aliphatic carbocycles. The summed E-state index contributed by atoms with van der Waals surface area (Å²) in [7, 11) is 0. The molecule has 4 heteroatoms. The summed E-state index contributed by atoms with van der Waals surface area (Å²) in [5.41, 5.74) is 2.12. The smallest absolute Gasteiger partial charge is 0.183 e. The van der Waals surface area contributed by atoms with E-state index in [1.54, 1.807) is 18.3 Å². The number of hydrogen-bond acceptors (Lipinski definition) is 3. The van der Waals surface area contributed by atoms with E-state index in [1.807, 2.05) is 32.0 Å². The average molecular weight is 259 g/mol. The van der Waals surface area contributed by atoms with Crippen LogP contribution in [0.25, 0.3) is 0 Å². The lowest BCUT2D eigenvalue weighted by molar-refractivity contribution is 0.471. The highest BCUT2D eigenvalue weighted by Gasteiger charge is 2.10. The molecule has 0 saturated heterocycles. The van der Waals surface area contributed by atoms with Gasteiger partial charge >= 0.3 is 0 Å². The van der Waals surface area contributed by atoms with E-state index in [2.05, 4.69) is 4.98 Å². The highest BCUT2D eigenvalue weighted by molar-refractivity contribution is 6.30. The van der Waals surface area contributed by atoms with Crippen molar-refractivity contribution in [3.8, 4) is 17.6 Å². The molecule has 0 aliphatic rings. The fraction of sp³-hybridized carbons (Fsp3) is 0.143. The van der Waals surface area contributed by atoms with Crippen LogP contribution >= 0.6 is 11.6 Å². The molecule has 18 heavy (non-hydrogen) atoms. The Morgan fingerprint density at radius 2 is 1.94 bits per heavy atom. The van der Waals surface area contributed by atoms with Gasteiger partial charge in [0.25, 0.3) is 0 Å². The standard InChI is InChI=1S/C14H11ClN2O/c1-9-6-11(15)7-10(2)14(9)18-13-4-3-5-17-12(13)8-16/h3-7H,1-2H3. The van der Waals surface area contributed by atoms with Gasteiger partial charge in [0.1, 0.15) is 11.8 Å². The molecule has 2 aromatic rings. The number of pyridine rings is 1. The number of nitrogens with zero attached hydrogens (tertiary/aromatic N) is 2. The van der Waals surface area contributed by atoms with Crippen LogP contribution < -0.4 is 4.74 Å². The van der Waals surface area contributed by atoms with Gasteiger partial charge in [-0.1, -0.05) is 11.6 Å². The maximum Gasteiger partial charge on any atom is 0.183 e. The first-order valence-electron chi connectivity index (χ1n) is 5.41. The summed E-state index contributed by atoms with van der Waals surface area (Å²) in [6.45, 7) is 3.83. The normalized spacial score (nSPS) is 9.89. The monoisotopic (exact) mass is 258 g/mol. The minimum absolute atomic E-state index is 0.270. The number of benzene rings is 1. The van der Waals surface area contributed by atoms with Crippen molar-refractivity contribution in [2.75, 3.05) is 0 Å². The van der Waals surface area contributed by atoms with Crippen LogP contribution in [0, 0.1) is 25.2 Å². The van der Waals surface area contributed by atoms with Gasteiger partial charge in [-0.05, 0) is 49.2 Å². The molecule has 0 aliphatic heterocycles. The third kappa shape index (κ3) is 2.44. The number of aromatic nitrogens is 1. The van der Waals surface area contributed by atoms with Gasteiger partial charge in [0.2, 0.25) is 0 Å². The van der Waals surface area contributed by atoms with Gasteiger partial charge in [0.15, 0.2) is 11.4 Å². The van der Waals surface area contributed by atoms with Crippen LogP contribution in [-0.2, 0) is 0 Å². The molecule has 0 atom stereocenters. The highest BCUT2D eigenvalue weighted by Crippen LogP contribution is 2.32. The summed E-state index contributed by atoms with van der Waals surface area (Å²) in [6.07, 6.45) is 1.56. The van der Waals surface area contributed by atoms with Crippen molar-refractivity contribution in [3.05, 3.63) is 52.3 Å². The molecule has 0 spiro atoms. The zero-order chi connectivity index (χ0) is 13.1. The molecule has 0 bridgehead atoms. The molecule has 0 radical (unpaired) electrons. The number of nitriles is 1. The molecular formula is C14H11ClN2O. The van der Waals surface area contributed by atoms with Crippen LogP contribution in [0.1, 0.15) is 16.8 Å². The zero-order valence-electron chi connectivity index (χ0n) is 10.1. The fourth-order valence-electron chi connectivity index (χ4n) is 1.73. The molecule has 1 aromatic heterocycles. The van der Waals surface area contributed by atoms with Crippen molar-refractivity contribution in [2.45, 2.75) is 13.8 Å². The Morgan fingerprint density at radius 3 is 2.56 bits per heavy atom. The fourth-order valence-corrected chi connectivity index (χ4v) is 2.05. The lowest BCUT2D eigenvalue weighted by Gasteiger charge is -2.12. The van der Waals surface area contributed by atoms with Gasteiger partial charge in [0, 0.05) is 11.2 Å². The molecule has 2 rings (SSSR count). The predicted octanol–water partition coefficient (Wildman–Crippen LogP) is 4.02. The predicted molar refractivity (Wildman–Crippen MR) is 70.0 cm³/mol.